The third-order valence-corrected chi connectivity index (χ3v) is 3.37. The number of nitrogens with one attached hydrogen (secondary N) is 2. The van der Waals surface area contributed by atoms with Crippen LogP contribution in [-0.4, -0.2) is 29.4 Å². The van der Waals surface area contributed by atoms with Crippen molar-refractivity contribution in [2.24, 2.45) is 0 Å². The summed E-state index contributed by atoms with van der Waals surface area (Å²) >= 11 is 0. The van der Waals surface area contributed by atoms with Crippen molar-refractivity contribution in [1.82, 2.24) is 10.6 Å². The molecule has 0 saturated heterocycles. The first-order valence-electron chi connectivity index (χ1n) is 7.95. The van der Waals surface area contributed by atoms with E-state index in [0.717, 1.165) is 6.42 Å². The van der Waals surface area contributed by atoms with Crippen molar-refractivity contribution in [3.63, 3.8) is 0 Å². The van der Waals surface area contributed by atoms with Gasteiger partial charge in [0.2, 0.25) is 11.8 Å². The Hall–Kier alpha value is -2.44. The van der Waals surface area contributed by atoms with Crippen molar-refractivity contribution in [2.75, 3.05) is 6.54 Å². The number of benzene rings is 1. The highest BCUT2D eigenvalue weighted by atomic mass is 19.1. The molecule has 0 aliphatic rings. The monoisotopic (exact) mass is 338 g/mol. The van der Waals surface area contributed by atoms with Crippen molar-refractivity contribution in [3.8, 4) is 0 Å². The highest BCUT2D eigenvalue weighted by molar-refractivity contribution is 5.79. The Morgan fingerprint density at radius 1 is 1.12 bits per heavy atom. The van der Waals surface area contributed by atoms with Crippen LogP contribution >= 0.6 is 0 Å². The zero-order chi connectivity index (χ0) is 17.9. The number of hydrogen-bond acceptors (Lipinski definition) is 3. The minimum absolute atomic E-state index is 0.106. The average molecular weight is 338 g/mol. The zero-order valence-electron chi connectivity index (χ0n) is 13.7. The maximum Gasteiger partial charge on any atom is 0.305 e. The summed E-state index contributed by atoms with van der Waals surface area (Å²) in [7, 11) is 0. The van der Waals surface area contributed by atoms with Crippen molar-refractivity contribution in [3.05, 3.63) is 35.6 Å². The van der Waals surface area contributed by atoms with Crippen LogP contribution in [0.5, 0.6) is 0 Å². The van der Waals surface area contributed by atoms with Gasteiger partial charge >= 0.3 is 5.97 Å². The number of carboxylic acid groups (broad SMARTS) is 1. The molecule has 0 heterocycles. The summed E-state index contributed by atoms with van der Waals surface area (Å²) in [4.78, 5) is 34.4. The molecular weight excluding hydrogens is 315 g/mol. The van der Waals surface area contributed by atoms with E-state index in [1.165, 1.54) is 24.3 Å². The van der Waals surface area contributed by atoms with Crippen LogP contribution in [0.2, 0.25) is 0 Å². The predicted octanol–water partition coefficient (Wildman–Crippen LogP) is 2.15. The van der Waals surface area contributed by atoms with E-state index in [-0.39, 0.29) is 31.1 Å². The van der Waals surface area contributed by atoms with Gasteiger partial charge in [0, 0.05) is 19.4 Å². The second-order valence-corrected chi connectivity index (χ2v) is 5.47. The predicted molar refractivity (Wildman–Crippen MR) is 86.7 cm³/mol. The molecule has 1 unspecified atom stereocenters. The quantitative estimate of drug-likeness (QED) is 0.609. The van der Waals surface area contributed by atoms with Gasteiger partial charge in [-0.3, -0.25) is 14.4 Å². The number of carboxylic acids is 1. The number of amides is 2. The van der Waals surface area contributed by atoms with Gasteiger partial charge in [-0.1, -0.05) is 19.1 Å². The summed E-state index contributed by atoms with van der Waals surface area (Å²) in [5, 5.41) is 14.3. The average Bonchev–Trinajstić information content (AvgIpc) is 2.52. The Morgan fingerprint density at radius 2 is 1.75 bits per heavy atom. The molecule has 3 N–H and O–H groups in total. The van der Waals surface area contributed by atoms with E-state index in [0.29, 0.717) is 18.5 Å². The summed E-state index contributed by atoms with van der Waals surface area (Å²) in [5.74, 6) is -1.94. The van der Waals surface area contributed by atoms with Crippen LogP contribution in [0.1, 0.15) is 50.6 Å². The van der Waals surface area contributed by atoms with Crippen LogP contribution < -0.4 is 10.6 Å². The van der Waals surface area contributed by atoms with Gasteiger partial charge in [0.1, 0.15) is 5.82 Å². The Kier molecular flexibility index (Phi) is 8.46. The lowest BCUT2D eigenvalue weighted by molar-refractivity contribution is -0.137. The molecule has 1 rings (SSSR count). The lowest BCUT2D eigenvalue weighted by atomic mass is 10.0. The molecule has 0 fully saturated rings. The fraction of sp³-hybridized carbons (Fsp3) is 0.471. The maximum atomic E-state index is 13.0. The normalized spacial score (nSPS) is 11.6. The molecule has 1 aromatic rings. The first kappa shape index (κ1) is 19.6. The first-order chi connectivity index (χ1) is 11.4. The topological polar surface area (TPSA) is 95.5 Å². The molecule has 1 atom stereocenters. The molecule has 0 spiro atoms. The van der Waals surface area contributed by atoms with Gasteiger partial charge in [0.05, 0.1) is 12.5 Å². The lowest BCUT2D eigenvalue weighted by Crippen LogP contribution is -2.30. The molecule has 132 valence electrons. The molecule has 0 aliphatic heterocycles. The highest BCUT2D eigenvalue weighted by Crippen LogP contribution is 2.18. The molecule has 24 heavy (non-hydrogen) atoms. The van der Waals surface area contributed by atoms with E-state index in [4.69, 9.17) is 5.11 Å². The van der Waals surface area contributed by atoms with Gasteiger partial charge in [-0.2, -0.15) is 0 Å². The zero-order valence-corrected chi connectivity index (χ0v) is 13.7. The number of carbonyl (C=O) groups is 3. The second kappa shape index (κ2) is 10.4. The second-order valence-electron chi connectivity index (χ2n) is 5.47. The van der Waals surface area contributed by atoms with Crippen molar-refractivity contribution in [2.45, 2.75) is 45.1 Å². The molecule has 7 heteroatoms. The number of rotatable bonds is 10. The van der Waals surface area contributed by atoms with Gasteiger partial charge < -0.3 is 15.7 Å². The molecule has 0 bridgehead atoms. The number of aliphatic carboxylic acids is 1. The van der Waals surface area contributed by atoms with Gasteiger partial charge in [-0.15, -0.1) is 0 Å². The minimum Gasteiger partial charge on any atom is -0.481 e. The van der Waals surface area contributed by atoms with Gasteiger partial charge in [-0.25, -0.2) is 4.39 Å². The van der Waals surface area contributed by atoms with Gasteiger partial charge in [0.15, 0.2) is 0 Å². The summed E-state index contributed by atoms with van der Waals surface area (Å²) < 4.78 is 13.0. The van der Waals surface area contributed by atoms with Crippen molar-refractivity contribution in [1.29, 1.82) is 0 Å². The number of carbonyl (C=O) groups excluding carboxylic acids is 2. The van der Waals surface area contributed by atoms with Gasteiger partial charge in [-0.05, 0) is 30.5 Å². The van der Waals surface area contributed by atoms with E-state index in [1.54, 1.807) is 0 Å². The number of halogens is 1. The molecule has 0 radical (unpaired) electrons. The standard InChI is InChI=1S/C17H23FN2O4/c1-2-10-19-15(21)4-3-5-16(22)20-14(11-17(23)24)12-6-8-13(18)9-7-12/h6-9,14H,2-5,10-11H2,1H3,(H,19,21)(H,20,22)(H,23,24). The van der Waals surface area contributed by atoms with Crippen LogP contribution in [0, 0.1) is 5.82 Å². The van der Waals surface area contributed by atoms with E-state index in [9.17, 15) is 18.8 Å². The molecule has 6 nitrogen and oxygen atoms in total. The Morgan fingerprint density at radius 3 is 2.33 bits per heavy atom. The molecule has 0 aromatic heterocycles. The fourth-order valence-electron chi connectivity index (χ4n) is 2.15. The lowest BCUT2D eigenvalue weighted by Gasteiger charge is -2.17. The third kappa shape index (κ3) is 7.71. The van der Waals surface area contributed by atoms with Crippen LogP contribution in [0.4, 0.5) is 4.39 Å². The van der Waals surface area contributed by atoms with Crippen LogP contribution in [-0.2, 0) is 14.4 Å². The van der Waals surface area contributed by atoms with E-state index in [1.807, 2.05) is 6.92 Å². The Bertz CT molecular complexity index is 560. The molecule has 1 aromatic carbocycles. The summed E-state index contributed by atoms with van der Waals surface area (Å²) in [6.45, 7) is 2.56. The Balaban J connectivity index is 2.51. The smallest absolute Gasteiger partial charge is 0.305 e. The van der Waals surface area contributed by atoms with Gasteiger partial charge in [0.25, 0.3) is 0 Å². The Labute approximate surface area is 140 Å². The summed E-state index contributed by atoms with van der Waals surface area (Å²) in [5.41, 5.74) is 0.521. The van der Waals surface area contributed by atoms with Crippen LogP contribution in [0.25, 0.3) is 0 Å². The van der Waals surface area contributed by atoms with Crippen molar-refractivity contribution < 1.29 is 23.9 Å². The summed E-state index contributed by atoms with van der Waals surface area (Å²) in [6, 6.07) is 4.59. The maximum absolute atomic E-state index is 13.0. The van der Waals surface area contributed by atoms with Crippen molar-refractivity contribution >= 4 is 17.8 Å². The van der Waals surface area contributed by atoms with E-state index in [2.05, 4.69) is 10.6 Å². The fourth-order valence-corrected chi connectivity index (χ4v) is 2.15. The van der Waals surface area contributed by atoms with Crippen LogP contribution in [0.3, 0.4) is 0 Å². The largest absolute Gasteiger partial charge is 0.481 e. The number of hydrogen-bond donors (Lipinski definition) is 3. The van der Waals surface area contributed by atoms with E-state index < -0.39 is 17.8 Å². The third-order valence-electron chi connectivity index (χ3n) is 3.37. The molecular formula is C17H23FN2O4. The van der Waals surface area contributed by atoms with E-state index >= 15 is 0 Å². The van der Waals surface area contributed by atoms with Crippen LogP contribution in [0.15, 0.2) is 24.3 Å². The minimum atomic E-state index is -1.07. The summed E-state index contributed by atoms with van der Waals surface area (Å²) in [6.07, 6.45) is 1.30. The molecule has 0 aliphatic carbocycles. The SMILES string of the molecule is CCCNC(=O)CCCC(=O)NC(CC(=O)O)c1ccc(F)cc1. The highest BCUT2D eigenvalue weighted by Gasteiger charge is 2.18. The first-order valence-corrected chi connectivity index (χ1v) is 7.95. The molecule has 2 amide bonds. The molecule has 0 saturated carbocycles.